The third kappa shape index (κ3) is 2.52. The molecule has 0 bridgehead atoms. The van der Waals surface area contributed by atoms with Crippen LogP contribution in [0, 0.1) is 6.92 Å². The summed E-state index contributed by atoms with van der Waals surface area (Å²) < 4.78 is 1.71. The molecule has 0 aliphatic carbocycles. The third-order valence-corrected chi connectivity index (χ3v) is 3.52. The molecule has 0 fully saturated rings. The van der Waals surface area contributed by atoms with Crippen LogP contribution in [0.5, 0.6) is 0 Å². The summed E-state index contributed by atoms with van der Waals surface area (Å²) in [5.74, 6) is 1.16. The highest BCUT2D eigenvalue weighted by atomic mass is 15.3. The molecule has 1 aromatic carbocycles. The second kappa shape index (κ2) is 5.05. The predicted molar refractivity (Wildman–Crippen MR) is 84.0 cm³/mol. The third-order valence-electron chi connectivity index (χ3n) is 3.52. The van der Waals surface area contributed by atoms with Gasteiger partial charge in [-0.05, 0) is 19.1 Å². The number of nitrogens with two attached hydrogens (primary N) is 1. The van der Waals surface area contributed by atoms with Crippen molar-refractivity contribution in [2.45, 2.75) is 13.5 Å². The molecule has 21 heavy (non-hydrogen) atoms. The smallest absolute Gasteiger partial charge is 0.163 e. The predicted octanol–water partition coefficient (Wildman–Crippen LogP) is 1.89. The van der Waals surface area contributed by atoms with Crippen LogP contribution in [0.25, 0.3) is 11.0 Å². The summed E-state index contributed by atoms with van der Waals surface area (Å²) >= 11 is 0. The largest absolute Gasteiger partial charge is 0.383 e. The number of aryl methyl sites for hydroxylation is 2. The fraction of sp³-hybridized carbons (Fsp3) is 0.267. The molecule has 0 aliphatic rings. The number of benzene rings is 1. The van der Waals surface area contributed by atoms with Gasteiger partial charge in [0.05, 0.1) is 18.1 Å². The number of nitrogens with zero attached hydrogens (tertiary/aromatic N) is 5. The van der Waals surface area contributed by atoms with Crippen LogP contribution in [0.4, 0.5) is 11.5 Å². The Morgan fingerprint density at radius 2 is 1.90 bits per heavy atom. The summed E-state index contributed by atoms with van der Waals surface area (Å²) in [5.41, 5.74) is 9.10. The highest BCUT2D eigenvalue weighted by Gasteiger charge is 2.11. The Hall–Kier alpha value is -2.63. The van der Waals surface area contributed by atoms with Gasteiger partial charge in [-0.1, -0.05) is 17.7 Å². The molecule has 3 aromatic rings. The van der Waals surface area contributed by atoms with Crippen LogP contribution in [-0.4, -0.2) is 26.8 Å². The van der Waals surface area contributed by atoms with Crippen LogP contribution in [0.2, 0.25) is 0 Å². The van der Waals surface area contributed by atoms with Gasteiger partial charge in [-0.25, -0.2) is 9.97 Å². The maximum absolute atomic E-state index is 5.98. The molecule has 2 aromatic heterocycles. The molecule has 0 spiro atoms. The molecule has 6 heteroatoms. The van der Waals surface area contributed by atoms with E-state index in [0.717, 1.165) is 16.7 Å². The molecule has 0 saturated heterocycles. The van der Waals surface area contributed by atoms with Crippen LogP contribution < -0.4 is 10.6 Å². The minimum absolute atomic E-state index is 0.473. The van der Waals surface area contributed by atoms with E-state index >= 15 is 0 Å². The second-order valence-electron chi connectivity index (χ2n) is 5.22. The second-order valence-corrected chi connectivity index (χ2v) is 5.22. The molecule has 0 saturated carbocycles. The van der Waals surface area contributed by atoms with Crippen molar-refractivity contribution in [1.82, 2.24) is 19.7 Å². The van der Waals surface area contributed by atoms with Crippen LogP contribution in [-0.2, 0) is 13.6 Å². The van der Waals surface area contributed by atoms with Crippen molar-refractivity contribution in [3.8, 4) is 0 Å². The number of rotatable bonds is 3. The Morgan fingerprint density at radius 1 is 1.19 bits per heavy atom. The highest BCUT2D eigenvalue weighted by Crippen LogP contribution is 2.19. The van der Waals surface area contributed by atoms with Crippen molar-refractivity contribution in [3.63, 3.8) is 0 Å². The SMILES string of the molecule is Cc1ccc(N(C)Cc2nc(N)c3cnn(C)c3n2)cc1. The summed E-state index contributed by atoms with van der Waals surface area (Å²) in [4.78, 5) is 11.0. The molecule has 0 amide bonds. The maximum Gasteiger partial charge on any atom is 0.163 e. The zero-order chi connectivity index (χ0) is 15.0. The number of anilines is 2. The highest BCUT2D eigenvalue weighted by molar-refractivity contribution is 5.84. The van der Waals surface area contributed by atoms with Gasteiger partial charge in [0.2, 0.25) is 0 Å². The average molecular weight is 282 g/mol. The minimum atomic E-state index is 0.473. The van der Waals surface area contributed by atoms with E-state index < -0.39 is 0 Å². The molecule has 2 N–H and O–H groups in total. The number of hydrogen-bond donors (Lipinski definition) is 1. The topological polar surface area (TPSA) is 72.9 Å². The average Bonchev–Trinajstić information content (AvgIpc) is 2.82. The first-order valence-corrected chi connectivity index (χ1v) is 6.76. The summed E-state index contributed by atoms with van der Waals surface area (Å²) in [5, 5.41) is 4.96. The normalized spacial score (nSPS) is 11.0. The molecule has 3 rings (SSSR count). The Kier molecular flexibility index (Phi) is 3.21. The van der Waals surface area contributed by atoms with E-state index in [2.05, 4.69) is 51.2 Å². The molecular formula is C15H18N6. The lowest BCUT2D eigenvalue weighted by molar-refractivity contribution is 0.773. The van der Waals surface area contributed by atoms with E-state index in [1.165, 1.54) is 5.56 Å². The van der Waals surface area contributed by atoms with Crippen molar-refractivity contribution in [3.05, 3.63) is 41.9 Å². The maximum atomic E-state index is 5.98. The van der Waals surface area contributed by atoms with Gasteiger partial charge in [-0.3, -0.25) is 4.68 Å². The molecule has 0 atom stereocenters. The van der Waals surface area contributed by atoms with E-state index in [0.29, 0.717) is 18.2 Å². The molecular weight excluding hydrogens is 264 g/mol. The minimum Gasteiger partial charge on any atom is -0.383 e. The van der Waals surface area contributed by atoms with Gasteiger partial charge < -0.3 is 10.6 Å². The standard InChI is InChI=1S/C15H18N6/c1-10-4-6-11(7-5-10)20(2)9-13-18-14(16)12-8-17-21(3)15(12)19-13/h4-8H,9H2,1-3H3,(H2,16,18,19). The van der Waals surface area contributed by atoms with E-state index in [-0.39, 0.29) is 0 Å². The van der Waals surface area contributed by atoms with Gasteiger partial charge >= 0.3 is 0 Å². The molecule has 0 radical (unpaired) electrons. The van der Waals surface area contributed by atoms with E-state index in [1.807, 2.05) is 14.1 Å². The number of aromatic nitrogens is 4. The van der Waals surface area contributed by atoms with Gasteiger partial charge in [-0.2, -0.15) is 5.10 Å². The summed E-state index contributed by atoms with van der Waals surface area (Å²) in [6.07, 6.45) is 1.69. The van der Waals surface area contributed by atoms with E-state index in [9.17, 15) is 0 Å². The Morgan fingerprint density at radius 3 is 2.62 bits per heavy atom. The van der Waals surface area contributed by atoms with Crippen LogP contribution in [0.1, 0.15) is 11.4 Å². The molecule has 6 nitrogen and oxygen atoms in total. The van der Waals surface area contributed by atoms with Crippen LogP contribution >= 0.6 is 0 Å². The fourth-order valence-electron chi connectivity index (χ4n) is 2.26. The van der Waals surface area contributed by atoms with Crippen LogP contribution in [0.15, 0.2) is 30.5 Å². The van der Waals surface area contributed by atoms with E-state index in [1.54, 1.807) is 10.9 Å². The first kappa shape index (κ1) is 13.4. The number of hydrogen-bond acceptors (Lipinski definition) is 5. The van der Waals surface area contributed by atoms with Crippen molar-refractivity contribution < 1.29 is 0 Å². The lowest BCUT2D eigenvalue weighted by atomic mass is 10.2. The molecule has 0 unspecified atom stereocenters. The lowest BCUT2D eigenvalue weighted by Gasteiger charge is -2.18. The van der Waals surface area contributed by atoms with Gasteiger partial charge in [0.15, 0.2) is 11.5 Å². The van der Waals surface area contributed by atoms with Gasteiger partial charge in [0.25, 0.3) is 0 Å². The zero-order valence-corrected chi connectivity index (χ0v) is 12.4. The Labute approximate surface area is 123 Å². The number of fused-ring (bicyclic) bond motifs is 1. The van der Waals surface area contributed by atoms with Crippen LogP contribution in [0.3, 0.4) is 0 Å². The van der Waals surface area contributed by atoms with Gasteiger partial charge in [-0.15, -0.1) is 0 Å². The first-order chi connectivity index (χ1) is 10.0. The van der Waals surface area contributed by atoms with E-state index in [4.69, 9.17) is 5.73 Å². The first-order valence-electron chi connectivity index (χ1n) is 6.76. The van der Waals surface area contributed by atoms with Crippen molar-refractivity contribution in [2.75, 3.05) is 17.7 Å². The lowest BCUT2D eigenvalue weighted by Crippen LogP contribution is -2.19. The molecule has 2 heterocycles. The van der Waals surface area contributed by atoms with Gasteiger partial charge in [0.1, 0.15) is 5.82 Å². The Bertz CT molecular complexity index is 775. The Balaban J connectivity index is 1.90. The molecule has 108 valence electrons. The quantitative estimate of drug-likeness (QED) is 0.794. The summed E-state index contributed by atoms with van der Waals surface area (Å²) in [6.45, 7) is 2.66. The summed E-state index contributed by atoms with van der Waals surface area (Å²) in [6, 6.07) is 8.35. The zero-order valence-electron chi connectivity index (χ0n) is 12.4. The monoisotopic (exact) mass is 282 g/mol. The molecule has 0 aliphatic heterocycles. The van der Waals surface area contributed by atoms with Crippen molar-refractivity contribution in [2.24, 2.45) is 7.05 Å². The van der Waals surface area contributed by atoms with Gasteiger partial charge in [0, 0.05) is 19.8 Å². The fourth-order valence-corrected chi connectivity index (χ4v) is 2.26. The van der Waals surface area contributed by atoms with Crippen molar-refractivity contribution in [1.29, 1.82) is 0 Å². The summed E-state index contributed by atoms with van der Waals surface area (Å²) in [7, 11) is 3.86. The number of nitrogen functional groups attached to an aromatic ring is 1. The van der Waals surface area contributed by atoms with Crippen molar-refractivity contribution >= 4 is 22.5 Å².